The zero-order valence-corrected chi connectivity index (χ0v) is 17.2. The van der Waals surface area contributed by atoms with E-state index in [1.807, 2.05) is 31.2 Å². The lowest BCUT2D eigenvalue weighted by molar-refractivity contribution is 0.523. The van der Waals surface area contributed by atoms with Crippen molar-refractivity contribution < 1.29 is 0 Å². The van der Waals surface area contributed by atoms with Crippen molar-refractivity contribution in [3.05, 3.63) is 98.3 Å². The van der Waals surface area contributed by atoms with E-state index >= 15 is 0 Å². The standard InChI is InChI=1S/C24H23N5O2/c1-15(29-23(31)19-11-5-3-8-17(19)14-25-29)21-13-22(30)28-24(27-21)26-20-12-6-9-16-7-2-4-10-18(16)20/h2-5,7-8,10-11,13-15,20H,6,9,12H2,1H3,(H2,26,27,28,30)/t15-,20+/m0/s1. The van der Waals surface area contributed by atoms with Gasteiger partial charge >= 0.3 is 0 Å². The number of H-pyrrole nitrogens is 1. The highest BCUT2D eigenvalue weighted by Gasteiger charge is 2.21. The first kappa shape index (κ1) is 19.2. The van der Waals surface area contributed by atoms with Gasteiger partial charge in [0.15, 0.2) is 0 Å². The van der Waals surface area contributed by atoms with E-state index in [0.29, 0.717) is 17.0 Å². The Balaban J connectivity index is 1.49. The van der Waals surface area contributed by atoms with Crippen LogP contribution in [0.2, 0.25) is 0 Å². The predicted octanol–water partition coefficient (Wildman–Crippen LogP) is 3.58. The molecule has 5 rings (SSSR count). The molecule has 0 unspecified atom stereocenters. The van der Waals surface area contributed by atoms with E-state index in [0.717, 1.165) is 24.6 Å². The molecule has 0 saturated heterocycles. The molecule has 1 aliphatic carbocycles. The van der Waals surface area contributed by atoms with Crippen LogP contribution in [0.5, 0.6) is 0 Å². The second-order valence-corrected chi connectivity index (χ2v) is 7.96. The molecule has 0 aliphatic heterocycles. The highest BCUT2D eigenvalue weighted by Crippen LogP contribution is 2.31. The SMILES string of the molecule is C[C@@H](c1cc(=O)[nH]c(N[C@@H]2CCCc3ccccc32)n1)n1ncc2ccccc2c1=O. The van der Waals surface area contributed by atoms with Crippen LogP contribution in [0, 0.1) is 0 Å². The minimum atomic E-state index is -0.487. The number of anilines is 1. The summed E-state index contributed by atoms with van der Waals surface area (Å²) in [5.74, 6) is 0.407. The molecule has 31 heavy (non-hydrogen) atoms. The Kier molecular flexibility index (Phi) is 4.86. The third-order valence-corrected chi connectivity index (χ3v) is 5.96. The van der Waals surface area contributed by atoms with Gasteiger partial charge in [-0.3, -0.25) is 14.6 Å². The number of nitrogens with zero attached hydrogens (tertiary/aromatic N) is 3. The Bertz CT molecular complexity index is 1370. The molecule has 0 amide bonds. The fourth-order valence-electron chi connectivity index (χ4n) is 4.33. The lowest BCUT2D eigenvalue weighted by Crippen LogP contribution is -2.28. The number of fused-ring (bicyclic) bond motifs is 2. The Morgan fingerprint density at radius 3 is 2.84 bits per heavy atom. The second kappa shape index (κ2) is 7.83. The molecule has 2 atom stereocenters. The van der Waals surface area contributed by atoms with Crippen LogP contribution in [-0.2, 0) is 6.42 Å². The molecule has 1 aliphatic rings. The maximum absolute atomic E-state index is 12.9. The molecule has 0 radical (unpaired) electrons. The number of hydrogen-bond donors (Lipinski definition) is 2. The molecular weight excluding hydrogens is 390 g/mol. The average molecular weight is 413 g/mol. The van der Waals surface area contributed by atoms with Gasteiger partial charge in [0.25, 0.3) is 11.1 Å². The van der Waals surface area contributed by atoms with Crippen molar-refractivity contribution in [2.24, 2.45) is 0 Å². The summed E-state index contributed by atoms with van der Waals surface area (Å²) in [6.45, 7) is 1.82. The molecule has 2 aromatic heterocycles. The highest BCUT2D eigenvalue weighted by molar-refractivity contribution is 5.80. The van der Waals surface area contributed by atoms with Crippen LogP contribution < -0.4 is 16.4 Å². The van der Waals surface area contributed by atoms with Crippen LogP contribution in [0.15, 0.2) is 70.4 Å². The molecule has 156 valence electrons. The van der Waals surface area contributed by atoms with Crippen molar-refractivity contribution in [1.29, 1.82) is 0 Å². The third-order valence-electron chi connectivity index (χ3n) is 5.96. The van der Waals surface area contributed by atoms with Gasteiger partial charge < -0.3 is 5.32 Å². The largest absolute Gasteiger partial charge is 0.349 e. The van der Waals surface area contributed by atoms with E-state index < -0.39 is 6.04 Å². The Morgan fingerprint density at radius 2 is 1.94 bits per heavy atom. The van der Waals surface area contributed by atoms with E-state index in [1.165, 1.54) is 21.9 Å². The predicted molar refractivity (Wildman–Crippen MR) is 120 cm³/mol. The van der Waals surface area contributed by atoms with Gasteiger partial charge in [0.1, 0.15) is 0 Å². The molecule has 0 fully saturated rings. The normalized spacial score (nSPS) is 16.6. The fourth-order valence-corrected chi connectivity index (χ4v) is 4.33. The maximum Gasteiger partial charge on any atom is 0.275 e. The van der Waals surface area contributed by atoms with Crippen LogP contribution >= 0.6 is 0 Å². The van der Waals surface area contributed by atoms with E-state index in [2.05, 4.69) is 38.6 Å². The summed E-state index contributed by atoms with van der Waals surface area (Å²) in [5, 5.41) is 9.09. The quantitative estimate of drug-likeness (QED) is 0.533. The highest BCUT2D eigenvalue weighted by atomic mass is 16.1. The lowest BCUT2D eigenvalue weighted by atomic mass is 9.88. The smallest absolute Gasteiger partial charge is 0.275 e. The van der Waals surface area contributed by atoms with Crippen LogP contribution in [0.4, 0.5) is 5.95 Å². The van der Waals surface area contributed by atoms with E-state index in [9.17, 15) is 9.59 Å². The summed E-state index contributed by atoms with van der Waals surface area (Å²) in [6.07, 6.45) is 4.77. The van der Waals surface area contributed by atoms with Crippen LogP contribution in [-0.4, -0.2) is 19.7 Å². The van der Waals surface area contributed by atoms with Gasteiger partial charge in [-0.05, 0) is 43.4 Å². The molecule has 2 N–H and O–H groups in total. The van der Waals surface area contributed by atoms with Gasteiger partial charge in [-0.25, -0.2) is 9.67 Å². The van der Waals surface area contributed by atoms with Crippen LogP contribution in [0.1, 0.15) is 48.7 Å². The topological polar surface area (TPSA) is 92.7 Å². The minimum Gasteiger partial charge on any atom is -0.349 e. The van der Waals surface area contributed by atoms with E-state index in [4.69, 9.17) is 0 Å². The van der Waals surface area contributed by atoms with Gasteiger partial charge in [-0.15, -0.1) is 0 Å². The number of aryl methyl sites for hydroxylation is 1. The number of hydrogen-bond acceptors (Lipinski definition) is 5. The Morgan fingerprint density at radius 1 is 1.13 bits per heavy atom. The number of aromatic amines is 1. The Hall–Kier alpha value is -3.74. The second-order valence-electron chi connectivity index (χ2n) is 7.96. The van der Waals surface area contributed by atoms with Gasteiger partial charge in [0.05, 0.1) is 29.4 Å². The first-order valence-electron chi connectivity index (χ1n) is 10.5. The van der Waals surface area contributed by atoms with Crippen molar-refractivity contribution in [2.75, 3.05) is 5.32 Å². The molecule has 2 heterocycles. The van der Waals surface area contributed by atoms with Crippen molar-refractivity contribution in [2.45, 2.75) is 38.3 Å². The Labute approximate surface area is 178 Å². The summed E-state index contributed by atoms with van der Waals surface area (Å²) in [4.78, 5) is 32.7. The molecule has 7 nitrogen and oxygen atoms in total. The van der Waals surface area contributed by atoms with Crippen LogP contribution in [0.25, 0.3) is 10.8 Å². The van der Waals surface area contributed by atoms with Gasteiger partial charge in [-0.1, -0.05) is 42.5 Å². The number of benzene rings is 2. The van der Waals surface area contributed by atoms with E-state index in [-0.39, 0.29) is 17.2 Å². The molecule has 0 saturated carbocycles. The summed E-state index contributed by atoms with van der Waals surface area (Å²) in [7, 11) is 0. The fraction of sp³-hybridized carbons (Fsp3) is 0.250. The molecule has 2 aromatic carbocycles. The van der Waals surface area contributed by atoms with Crippen molar-refractivity contribution >= 4 is 16.7 Å². The number of rotatable bonds is 4. The first-order valence-corrected chi connectivity index (χ1v) is 10.5. The first-order chi connectivity index (χ1) is 15.1. The lowest BCUT2D eigenvalue weighted by Gasteiger charge is -2.26. The molecular formula is C24H23N5O2. The summed E-state index contributed by atoms with van der Waals surface area (Å²) < 4.78 is 1.38. The van der Waals surface area contributed by atoms with Gasteiger partial charge in [0, 0.05) is 11.5 Å². The molecule has 7 heteroatoms. The third kappa shape index (κ3) is 3.63. The summed E-state index contributed by atoms with van der Waals surface area (Å²) >= 11 is 0. The number of nitrogens with one attached hydrogen (secondary N) is 2. The maximum atomic E-state index is 12.9. The van der Waals surface area contributed by atoms with Gasteiger partial charge in [-0.2, -0.15) is 5.10 Å². The monoisotopic (exact) mass is 413 g/mol. The summed E-state index contributed by atoms with van der Waals surface area (Å²) in [6, 6.07) is 16.7. The van der Waals surface area contributed by atoms with Gasteiger partial charge in [0.2, 0.25) is 5.95 Å². The summed E-state index contributed by atoms with van der Waals surface area (Å²) in [5.41, 5.74) is 2.58. The molecule has 4 aromatic rings. The van der Waals surface area contributed by atoms with E-state index in [1.54, 1.807) is 12.3 Å². The molecule has 0 bridgehead atoms. The number of aromatic nitrogens is 4. The van der Waals surface area contributed by atoms with Crippen molar-refractivity contribution in [3.63, 3.8) is 0 Å². The minimum absolute atomic E-state index is 0.0835. The molecule has 0 spiro atoms. The van der Waals surface area contributed by atoms with Crippen molar-refractivity contribution in [3.8, 4) is 0 Å². The zero-order chi connectivity index (χ0) is 21.4. The van der Waals surface area contributed by atoms with Crippen LogP contribution in [0.3, 0.4) is 0 Å². The zero-order valence-electron chi connectivity index (χ0n) is 17.2. The average Bonchev–Trinajstić information content (AvgIpc) is 2.79. The van der Waals surface area contributed by atoms with Crippen molar-refractivity contribution in [1.82, 2.24) is 19.7 Å².